The topological polar surface area (TPSA) is 12.0 Å². The summed E-state index contributed by atoms with van der Waals surface area (Å²) in [4.78, 5) is 0. The van der Waals surface area contributed by atoms with Crippen LogP contribution in [0.25, 0.3) is 10.1 Å². The predicted octanol–water partition coefficient (Wildman–Crippen LogP) is 5.20. The fraction of sp³-hybridized carbons (Fsp3) is 0.176. The summed E-state index contributed by atoms with van der Waals surface area (Å²) >= 11 is 7.80. The molecule has 4 heteroatoms. The average Bonchev–Trinajstić information content (AvgIpc) is 2.93. The molecule has 1 nitrogen and oxygen atoms in total. The lowest BCUT2D eigenvalue weighted by Gasteiger charge is -2.17. The molecule has 0 aliphatic rings. The third kappa shape index (κ3) is 2.82. The molecule has 1 unspecified atom stereocenters. The highest BCUT2D eigenvalue weighted by Gasteiger charge is 2.17. The van der Waals surface area contributed by atoms with E-state index >= 15 is 0 Å². The third-order valence-corrected chi connectivity index (χ3v) is 5.10. The number of rotatable bonds is 4. The van der Waals surface area contributed by atoms with Crippen molar-refractivity contribution in [3.05, 3.63) is 69.8 Å². The normalized spacial score (nSPS) is 12.7. The maximum atomic E-state index is 13.6. The minimum Gasteiger partial charge on any atom is -0.313 e. The molecule has 3 aromatic rings. The van der Waals surface area contributed by atoms with Gasteiger partial charge in [-0.1, -0.05) is 41.9 Å². The molecule has 0 fully saturated rings. The predicted molar refractivity (Wildman–Crippen MR) is 88.7 cm³/mol. The van der Waals surface area contributed by atoms with Crippen LogP contribution in [0.15, 0.2) is 47.8 Å². The summed E-state index contributed by atoms with van der Waals surface area (Å²) in [5.41, 5.74) is 2.06. The van der Waals surface area contributed by atoms with Gasteiger partial charge in [0.1, 0.15) is 5.82 Å². The quantitative estimate of drug-likeness (QED) is 0.697. The highest BCUT2D eigenvalue weighted by molar-refractivity contribution is 7.17. The first-order chi connectivity index (χ1) is 10.2. The summed E-state index contributed by atoms with van der Waals surface area (Å²) in [5, 5.41) is 6.95. The van der Waals surface area contributed by atoms with Crippen molar-refractivity contribution in [1.82, 2.24) is 5.32 Å². The zero-order valence-corrected chi connectivity index (χ0v) is 13.1. The Balaban J connectivity index is 1.97. The molecule has 0 radical (unpaired) electrons. The number of benzene rings is 2. The van der Waals surface area contributed by atoms with Gasteiger partial charge in [0.05, 0.1) is 5.02 Å². The fourth-order valence-corrected chi connectivity index (χ4v) is 3.78. The molecule has 1 aromatic heterocycles. The summed E-state index contributed by atoms with van der Waals surface area (Å²) in [6.07, 6.45) is 0.661. The van der Waals surface area contributed by atoms with E-state index in [-0.39, 0.29) is 16.9 Å². The first kappa shape index (κ1) is 14.5. The largest absolute Gasteiger partial charge is 0.313 e. The zero-order chi connectivity index (χ0) is 14.8. The zero-order valence-electron chi connectivity index (χ0n) is 11.6. The molecule has 2 aromatic carbocycles. The van der Waals surface area contributed by atoms with Gasteiger partial charge in [-0.05, 0) is 47.5 Å². The van der Waals surface area contributed by atoms with Gasteiger partial charge in [-0.25, -0.2) is 4.39 Å². The second-order valence-electron chi connectivity index (χ2n) is 4.95. The molecule has 0 amide bonds. The minimum atomic E-state index is -0.362. The summed E-state index contributed by atoms with van der Waals surface area (Å²) in [6.45, 7) is 0. The lowest BCUT2D eigenvalue weighted by molar-refractivity contribution is 0.589. The van der Waals surface area contributed by atoms with Gasteiger partial charge in [0.25, 0.3) is 0 Å². The molecule has 0 saturated heterocycles. The van der Waals surface area contributed by atoms with Gasteiger partial charge in [-0.3, -0.25) is 0 Å². The van der Waals surface area contributed by atoms with E-state index < -0.39 is 0 Å². The van der Waals surface area contributed by atoms with Gasteiger partial charge in [-0.15, -0.1) is 11.3 Å². The Kier molecular flexibility index (Phi) is 4.24. The van der Waals surface area contributed by atoms with E-state index in [4.69, 9.17) is 11.6 Å². The Bertz CT molecular complexity index is 768. The molecular formula is C17H15ClFNS. The van der Waals surface area contributed by atoms with Crippen LogP contribution in [0.3, 0.4) is 0 Å². The van der Waals surface area contributed by atoms with Crippen molar-refractivity contribution in [2.24, 2.45) is 0 Å². The van der Waals surface area contributed by atoms with Gasteiger partial charge < -0.3 is 5.32 Å². The number of halogens is 2. The molecule has 0 aliphatic heterocycles. The van der Waals surface area contributed by atoms with Crippen molar-refractivity contribution in [3.63, 3.8) is 0 Å². The highest BCUT2D eigenvalue weighted by Crippen LogP contribution is 2.33. The standard InChI is InChI=1S/C17H15ClFNS/c1-20-15(9-11-5-4-7-14(19)17(11)18)13-10-21-16-8-3-2-6-12(13)16/h2-8,10,15,20H,9H2,1H3. The molecule has 0 bridgehead atoms. The fourth-order valence-electron chi connectivity index (χ4n) is 2.56. The Morgan fingerprint density at radius 1 is 1.19 bits per heavy atom. The molecule has 3 rings (SSSR count). The van der Waals surface area contributed by atoms with Crippen LogP contribution < -0.4 is 5.32 Å². The first-order valence-electron chi connectivity index (χ1n) is 6.77. The van der Waals surface area contributed by atoms with Crippen molar-refractivity contribution in [2.75, 3.05) is 7.05 Å². The maximum Gasteiger partial charge on any atom is 0.142 e. The van der Waals surface area contributed by atoms with E-state index in [9.17, 15) is 4.39 Å². The second kappa shape index (κ2) is 6.14. The SMILES string of the molecule is CNC(Cc1cccc(F)c1Cl)c1csc2ccccc12. The Morgan fingerprint density at radius 2 is 2.00 bits per heavy atom. The number of fused-ring (bicyclic) bond motifs is 1. The Labute approximate surface area is 132 Å². The second-order valence-corrected chi connectivity index (χ2v) is 6.23. The lowest BCUT2D eigenvalue weighted by atomic mass is 9.98. The minimum absolute atomic E-state index is 0.112. The van der Waals surface area contributed by atoms with E-state index in [1.807, 2.05) is 25.2 Å². The molecule has 108 valence electrons. The summed E-state index contributed by atoms with van der Waals surface area (Å²) in [6, 6.07) is 13.4. The molecule has 0 saturated carbocycles. The number of hydrogen-bond acceptors (Lipinski definition) is 2. The van der Waals surface area contributed by atoms with E-state index in [1.165, 1.54) is 21.7 Å². The van der Waals surface area contributed by atoms with Crippen LogP contribution in [-0.2, 0) is 6.42 Å². The van der Waals surface area contributed by atoms with Crippen molar-refractivity contribution in [1.29, 1.82) is 0 Å². The van der Waals surface area contributed by atoms with E-state index in [2.05, 4.69) is 22.8 Å². The van der Waals surface area contributed by atoms with Crippen LogP contribution in [0.2, 0.25) is 5.02 Å². The van der Waals surface area contributed by atoms with Gasteiger partial charge in [0.15, 0.2) is 0 Å². The number of likely N-dealkylation sites (N-methyl/N-ethyl adjacent to an activating group) is 1. The van der Waals surface area contributed by atoms with Crippen molar-refractivity contribution in [3.8, 4) is 0 Å². The van der Waals surface area contributed by atoms with Crippen LogP contribution in [0.4, 0.5) is 4.39 Å². The van der Waals surface area contributed by atoms with Crippen LogP contribution >= 0.6 is 22.9 Å². The van der Waals surface area contributed by atoms with Crippen LogP contribution in [0.1, 0.15) is 17.2 Å². The van der Waals surface area contributed by atoms with Gasteiger partial charge in [0, 0.05) is 10.7 Å². The summed E-state index contributed by atoms with van der Waals surface area (Å²) in [5.74, 6) is -0.362. The molecule has 1 N–H and O–H groups in total. The number of nitrogens with one attached hydrogen (secondary N) is 1. The Hall–Kier alpha value is -1.42. The van der Waals surface area contributed by atoms with E-state index in [0.717, 1.165) is 5.56 Å². The number of thiophene rings is 1. The molecule has 1 heterocycles. The molecular weight excluding hydrogens is 305 g/mol. The van der Waals surface area contributed by atoms with Gasteiger partial charge in [0.2, 0.25) is 0 Å². The smallest absolute Gasteiger partial charge is 0.142 e. The number of hydrogen-bond donors (Lipinski definition) is 1. The van der Waals surface area contributed by atoms with Crippen molar-refractivity contribution in [2.45, 2.75) is 12.5 Å². The van der Waals surface area contributed by atoms with Crippen molar-refractivity contribution >= 4 is 33.0 Å². The van der Waals surface area contributed by atoms with E-state index in [1.54, 1.807) is 17.4 Å². The maximum absolute atomic E-state index is 13.6. The van der Waals surface area contributed by atoms with Crippen LogP contribution in [0.5, 0.6) is 0 Å². The van der Waals surface area contributed by atoms with Crippen LogP contribution in [-0.4, -0.2) is 7.05 Å². The molecule has 21 heavy (non-hydrogen) atoms. The van der Waals surface area contributed by atoms with Gasteiger partial charge in [-0.2, -0.15) is 0 Å². The van der Waals surface area contributed by atoms with Crippen molar-refractivity contribution < 1.29 is 4.39 Å². The average molecular weight is 320 g/mol. The highest BCUT2D eigenvalue weighted by atomic mass is 35.5. The summed E-state index contributed by atoms with van der Waals surface area (Å²) < 4.78 is 14.8. The lowest BCUT2D eigenvalue weighted by Crippen LogP contribution is -2.18. The molecule has 0 spiro atoms. The van der Waals surface area contributed by atoms with Gasteiger partial charge >= 0.3 is 0 Å². The monoisotopic (exact) mass is 319 g/mol. The molecule has 1 atom stereocenters. The Morgan fingerprint density at radius 3 is 2.81 bits per heavy atom. The third-order valence-electron chi connectivity index (χ3n) is 3.69. The summed E-state index contributed by atoms with van der Waals surface area (Å²) in [7, 11) is 1.92. The van der Waals surface area contributed by atoms with Crippen LogP contribution in [0, 0.1) is 5.82 Å². The molecule has 0 aliphatic carbocycles. The first-order valence-corrected chi connectivity index (χ1v) is 8.02. The van der Waals surface area contributed by atoms with E-state index in [0.29, 0.717) is 6.42 Å².